The molecule has 116 valence electrons. The van der Waals surface area contributed by atoms with Crippen molar-refractivity contribution in [3.63, 3.8) is 0 Å². The maximum absolute atomic E-state index is 2.66. The lowest BCUT2D eigenvalue weighted by Crippen LogP contribution is -2.37. The molecule has 0 N–H and O–H groups in total. The molecule has 0 bridgehead atoms. The number of hydrogen-bond acceptors (Lipinski definition) is 1. The van der Waals surface area contributed by atoms with Crippen LogP contribution in [0.5, 0.6) is 0 Å². The van der Waals surface area contributed by atoms with Gasteiger partial charge >= 0.3 is 0 Å². The third-order valence-corrected chi connectivity index (χ3v) is 4.19. The Morgan fingerprint density at radius 1 is 1.00 bits per heavy atom. The summed E-state index contributed by atoms with van der Waals surface area (Å²) in [6.07, 6.45) is 12.7. The van der Waals surface area contributed by atoms with Crippen molar-refractivity contribution >= 4 is 0 Å². The van der Waals surface area contributed by atoms with Gasteiger partial charge in [-0.15, -0.1) is 0 Å². The second-order valence-corrected chi connectivity index (χ2v) is 7.58. The first-order chi connectivity index (χ1) is 9.39. The molecule has 1 fully saturated rings. The Kier molecular flexibility index (Phi) is 7.58. The van der Waals surface area contributed by atoms with Gasteiger partial charge in [0.2, 0.25) is 0 Å². The lowest BCUT2D eigenvalue weighted by Gasteiger charge is -2.34. The summed E-state index contributed by atoms with van der Waals surface area (Å²) in [5.74, 6) is 0. The highest BCUT2D eigenvalue weighted by atomic mass is 15.1. The van der Waals surface area contributed by atoms with Gasteiger partial charge in [-0.25, -0.2) is 0 Å². The van der Waals surface area contributed by atoms with E-state index in [0.29, 0.717) is 5.41 Å². The second kappa shape index (κ2) is 8.67. The number of rotatable bonds is 7. The largest absolute Gasteiger partial charge is 0.303 e. The fourth-order valence-electron chi connectivity index (χ4n) is 2.93. The van der Waals surface area contributed by atoms with Crippen LogP contribution in [0.15, 0.2) is 23.3 Å². The zero-order valence-corrected chi connectivity index (χ0v) is 14.5. The van der Waals surface area contributed by atoms with E-state index in [4.69, 9.17) is 0 Å². The molecule has 0 saturated carbocycles. The van der Waals surface area contributed by atoms with Crippen LogP contribution >= 0.6 is 0 Å². The second-order valence-electron chi connectivity index (χ2n) is 7.58. The highest BCUT2D eigenvalue weighted by molar-refractivity contribution is 5.03. The first-order valence-electron chi connectivity index (χ1n) is 8.40. The van der Waals surface area contributed by atoms with Crippen molar-refractivity contribution in [2.24, 2.45) is 5.41 Å². The first kappa shape index (κ1) is 17.5. The Bertz CT molecular complexity index is 326. The summed E-state index contributed by atoms with van der Waals surface area (Å²) < 4.78 is 0. The quantitative estimate of drug-likeness (QED) is 0.549. The lowest BCUT2D eigenvalue weighted by molar-refractivity contribution is 0.154. The number of piperidine rings is 1. The maximum Gasteiger partial charge on any atom is 0.00356 e. The maximum atomic E-state index is 2.66. The predicted octanol–water partition coefficient (Wildman–Crippen LogP) is 5.58. The lowest BCUT2D eigenvalue weighted by atomic mass is 9.87. The van der Waals surface area contributed by atoms with Gasteiger partial charge in [0.15, 0.2) is 0 Å². The van der Waals surface area contributed by atoms with Crippen LogP contribution in [0.1, 0.15) is 73.1 Å². The summed E-state index contributed by atoms with van der Waals surface area (Å²) in [6, 6.07) is 0. The van der Waals surface area contributed by atoms with Gasteiger partial charge < -0.3 is 4.90 Å². The van der Waals surface area contributed by atoms with E-state index in [-0.39, 0.29) is 0 Å². The number of likely N-dealkylation sites (tertiary alicyclic amines) is 1. The molecule has 1 heterocycles. The smallest absolute Gasteiger partial charge is 0.00356 e. The molecule has 1 saturated heterocycles. The number of allylic oxidation sites excluding steroid dienone is 4. The number of nitrogens with zero attached hydrogens (tertiary/aromatic N) is 1. The van der Waals surface area contributed by atoms with E-state index < -0.39 is 0 Å². The third kappa shape index (κ3) is 7.89. The topological polar surface area (TPSA) is 3.24 Å². The van der Waals surface area contributed by atoms with Gasteiger partial charge in [0, 0.05) is 6.54 Å². The first-order valence-corrected chi connectivity index (χ1v) is 8.40. The highest BCUT2D eigenvalue weighted by Gasteiger charge is 2.21. The van der Waals surface area contributed by atoms with Crippen LogP contribution in [0.25, 0.3) is 0 Å². The monoisotopic (exact) mass is 277 g/mol. The minimum Gasteiger partial charge on any atom is -0.303 e. The minimum absolute atomic E-state index is 0.412. The highest BCUT2D eigenvalue weighted by Crippen LogP contribution is 2.25. The molecule has 0 aromatic heterocycles. The zero-order chi connectivity index (χ0) is 15.0. The van der Waals surface area contributed by atoms with Crippen LogP contribution in [0, 0.1) is 5.41 Å². The Balaban J connectivity index is 2.34. The third-order valence-electron chi connectivity index (χ3n) is 4.19. The average molecular weight is 277 g/mol. The Morgan fingerprint density at radius 2 is 1.65 bits per heavy atom. The summed E-state index contributed by atoms with van der Waals surface area (Å²) in [5.41, 5.74) is 3.40. The molecule has 0 aromatic rings. The standard InChI is InChI=1S/C19H35N/c1-17(2)10-9-11-18(3)12-13-19(4,5)16-20-14-7-6-8-15-20/h10,12H,6-9,11,13-16H2,1-5H3. The molecule has 1 heteroatoms. The summed E-state index contributed by atoms with van der Waals surface area (Å²) in [6.45, 7) is 15.4. The molecule has 0 unspecified atom stereocenters. The van der Waals surface area contributed by atoms with E-state index in [2.05, 4.69) is 51.7 Å². The SMILES string of the molecule is CC(C)=CCCC(C)=CCC(C)(C)CN1CCCCC1. The van der Waals surface area contributed by atoms with E-state index in [0.717, 1.165) is 0 Å². The van der Waals surface area contributed by atoms with Crippen molar-refractivity contribution in [3.8, 4) is 0 Å². The molecule has 20 heavy (non-hydrogen) atoms. The van der Waals surface area contributed by atoms with Crippen molar-refractivity contribution in [3.05, 3.63) is 23.3 Å². The Hall–Kier alpha value is -0.560. The molecule has 1 nitrogen and oxygen atoms in total. The van der Waals surface area contributed by atoms with Crippen LogP contribution in [0.2, 0.25) is 0 Å². The zero-order valence-electron chi connectivity index (χ0n) is 14.5. The Labute approximate surface area is 127 Å². The van der Waals surface area contributed by atoms with Crippen LogP contribution in [-0.4, -0.2) is 24.5 Å². The van der Waals surface area contributed by atoms with Crippen LogP contribution in [-0.2, 0) is 0 Å². The van der Waals surface area contributed by atoms with E-state index in [1.165, 1.54) is 63.7 Å². The Morgan fingerprint density at radius 3 is 2.25 bits per heavy atom. The van der Waals surface area contributed by atoms with Crippen molar-refractivity contribution in [2.75, 3.05) is 19.6 Å². The van der Waals surface area contributed by atoms with Gasteiger partial charge in [0.05, 0.1) is 0 Å². The van der Waals surface area contributed by atoms with Crippen molar-refractivity contribution < 1.29 is 0 Å². The molecular formula is C19H35N. The molecule has 0 radical (unpaired) electrons. The van der Waals surface area contributed by atoms with E-state index in [1.807, 2.05) is 0 Å². The van der Waals surface area contributed by atoms with Gasteiger partial charge in [-0.1, -0.05) is 43.6 Å². The minimum atomic E-state index is 0.412. The van der Waals surface area contributed by atoms with Gasteiger partial charge in [0.1, 0.15) is 0 Å². The number of hydrogen-bond donors (Lipinski definition) is 0. The summed E-state index contributed by atoms with van der Waals surface area (Å²) in [5, 5.41) is 0. The molecule has 0 aliphatic carbocycles. The molecule has 1 aliphatic rings. The van der Waals surface area contributed by atoms with Gasteiger partial charge in [-0.3, -0.25) is 0 Å². The molecule has 0 atom stereocenters. The van der Waals surface area contributed by atoms with Crippen molar-refractivity contribution in [2.45, 2.75) is 73.1 Å². The van der Waals surface area contributed by atoms with Crippen molar-refractivity contribution in [1.29, 1.82) is 0 Å². The molecule has 0 spiro atoms. The van der Waals surface area contributed by atoms with E-state index in [9.17, 15) is 0 Å². The average Bonchev–Trinajstić information content (AvgIpc) is 2.37. The fourth-order valence-corrected chi connectivity index (χ4v) is 2.93. The fraction of sp³-hybridized carbons (Fsp3) is 0.789. The van der Waals surface area contributed by atoms with Crippen LogP contribution in [0.4, 0.5) is 0 Å². The van der Waals surface area contributed by atoms with Crippen LogP contribution in [0.3, 0.4) is 0 Å². The molecule has 0 aromatic carbocycles. The van der Waals surface area contributed by atoms with Gasteiger partial charge in [-0.05, 0) is 71.4 Å². The summed E-state index contributed by atoms with van der Waals surface area (Å²) >= 11 is 0. The summed E-state index contributed by atoms with van der Waals surface area (Å²) in [7, 11) is 0. The van der Waals surface area contributed by atoms with E-state index in [1.54, 1.807) is 5.57 Å². The van der Waals surface area contributed by atoms with Gasteiger partial charge in [0.25, 0.3) is 0 Å². The summed E-state index contributed by atoms with van der Waals surface area (Å²) in [4.78, 5) is 2.66. The van der Waals surface area contributed by atoms with E-state index >= 15 is 0 Å². The molecular weight excluding hydrogens is 242 g/mol. The molecule has 0 amide bonds. The van der Waals surface area contributed by atoms with Crippen molar-refractivity contribution in [1.82, 2.24) is 4.90 Å². The predicted molar refractivity (Wildman–Crippen MR) is 91.1 cm³/mol. The van der Waals surface area contributed by atoms with Gasteiger partial charge in [-0.2, -0.15) is 0 Å². The normalized spacial score (nSPS) is 18.1. The van der Waals surface area contributed by atoms with Crippen LogP contribution < -0.4 is 0 Å². The molecule has 1 rings (SSSR count). The molecule has 1 aliphatic heterocycles.